The molecule has 0 radical (unpaired) electrons. The third-order valence-electron chi connectivity index (χ3n) is 1.19. The molecule has 0 bridgehead atoms. The second-order valence-corrected chi connectivity index (χ2v) is 2.09. The van der Waals surface area contributed by atoms with Crippen LogP contribution in [0, 0.1) is 0 Å². The van der Waals surface area contributed by atoms with Crippen LogP contribution in [0.3, 0.4) is 0 Å². The monoisotopic (exact) mass is 200 g/mol. The van der Waals surface area contributed by atoms with Crippen molar-refractivity contribution in [2.45, 2.75) is 0 Å². The van der Waals surface area contributed by atoms with E-state index in [1.54, 1.807) is 0 Å². The van der Waals surface area contributed by atoms with Gasteiger partial charge in [0, 0.05) is 6.20 Å². The van der Waals surface area contributed by atoms with Gasteiger partial charge in [0.05, 0.1) is 0 Å². The first-order chi connectivity index (χ1) is 5.00. The van der Waals surface area contributed by atoms with E-state index in [9.17, 15) is 12.9 Å². The Balaban J connectivity index is 0.00000121. The van der Waals surface area contributed by atoms with E-state index in [0.717, 1.165) is 18.3 Å². The predicted octanol–water partition coefficient (Wildman–Crippen LogP) is -2.28. The normalized spacial score (nSPS) is 10.6. The van der Waals surface area contributed by atoms with Gasteiger partial charge in [0.2, 0.25) is 0 Å². The van der Waals surface area contributed by atoms with E-state index in [1.807, 2.05) is 0 Å². The van der Waals surface area contributed by atoms with Crippen LogP contribution in [0.4, 0.5) is 18.8 Å². The first-order valence-electron chi connectivity index (χ1n) is 2.91. The van der Waals surface area contributed by atoms with Gasteiger partial charge >= 0.3 is 58.4 Å². The molecule has 1 rings (SSSR count). The molecule has 1 heterocycles. The molecule has 0 aromatic carbocycles. The standard InChI is InChI=1S/C5H5BF3N2.K/c7-6(8,9)4-1-2-5(10)11-3-4;/h1-3H,(H2,10,11);/q-1;+1. The van der Waals surface area contributed by atoms with Gasteiger partial charge in [-0.15, -0.1) is 0 Å². The van der Waals surface area contributed by atoms with Crippen LogP contribution < -0.4 is 62.6 Å². The average Bonchev–Trinajstić information content (AvgIpc) is 1.86. The third kappa shape index (κ3) is 3.44. The van der Waals surface area contributed by atoms with Crippen molar-refractivity contribution in [3.05, 3.63) is 18.3 Å². The summed E-state index contributed by atoms with van der Waals surface area (Å²) in [6.45, 7) is -4.94. The molecule has 0 fully saturated rings. The summed E-state index contributed by atoms with van der Waals surface area (Å²) in [5, 5.41) is 0. The molecule has 12 heavy (non-hydrogen) atoms. The van der Waals surface area contributed by atoms with Crippen molar-refractivity contribution in [2.75, 3.05) is 5.73 Å². The molecular formula is C5H5BF3KN2. The number of anilines is 1. The summed E-state index contributed by atoms with van der Waals surface area (Å²) in [6.07, 6.45) is 0.731. The van der Waals surface area contributed by atoms with Crippen LogP contribution in [-0.4, -0.2) is 12.0 Å². The molecule has 0 amide bonds. The molecule has 0 aliphatic heterocycles. The Kier molecular flexibility index (Phi) is 4.78. The van der Waals surface area contributed by atoms with Crippen molar-refractivity contribution >= 4 is 18.3 Å². The summed E-state index contributed by atoms with van der Waals surface area (Å²) in [5.74, 6) is 0.0915. The zero-order valence-corrected chi connectivity index (χ0v) is 9.59. The van der Waals surface area contributed by atoms with Crippen LogP contribution in [0.1, 0.15) is 0 Å². The van der Waals surface area contributed by atoms with Crippen molar-refractivity contribution in [1.82, 2.24) is 4.98 Å². The molecule has 60 valence electrons. The van der Waals surface area contributed by atoms with E-state index in [0.29, 0.717) is 0 Å². The molecule has 1 aromatic heterocycles. The van der Waals surface area contributed by atoms with Gasteiger partial charge in [-0.3, -0.25) is 0 Å². The Morgan fingerprint density at radius 2 is 1.83 bits per heavy atom. The smallest absolute Gasteiger partial charge is 0.445 e. The number of rotatable bonds is 1. The summed E-state index contributed by atoms with van der Waals surface area (Å²) in [7, 11) is 0. The number of aromatic nitrogens is 1. The number of nitrogens with two attached hydrogens (primary N) is 1. The van der Waals surface area contributed by atoms with Crippen LogP contribution in [-0.2, 0) is 0 Å². The van der Waals surface area contributed by atoms with E-state index < -0.39 is 12.4 Å². The maximum absolute atomic E-state index is 11.9. The Bertz CT molecular complexity index is 248. The fraction of sp³-hybridized carbons (Fsp3) is 0. The summed E-state index contributed by atoms with van der Waals surface area (Å²) < 4.78 is 35.7. The molecule has 0 aliphatic carbocycles. The van der Waals surface area contributed by atoms with Gasteiger partial charge in [0.1, 0.15) is 5.82 Å². The van der Waals surface area contributed by atoms with Crippen molar-refractivity contribution in [1.29, 1.82) is 0 Å². The number of halogens is 3. The molecule has 2 nitrogen and oxygen atoms in total. The summed E-state index contributed by atoms with van der Waals surface area (Å²) >= 11 is 0. The fourth-order valence-corrected chi connectivity index (χ4v) is 0.610. The van der Waals surface area contributed by atoms with Crippen LogP contribution in [0.25, 0.3) is 0 Å². The van der Waals surface area contributed by atoms with Gasteiger partial charge in [0.25, 0.3) is 0 Å². The molecular weight excluding hydrogens is 195 g/mol. The molecule has 7 heteroatoms. The SMILES string of the molecule is Nc1ccc([B-](F)(F)F)cn1.[K+]. The molecule has 0 atom stereocenters. The third-order valence-corrected chi connectivity index (χ3v) is 1.19. The van der Waals surface area contributed by atoms with Crippen molar-refractivity contribution in [2.24, 2.45) is 0 Å². The van der Waals surface area contributed by atoms with Gasteiger partial charge < -0.3 is 18.7 Å². The van der Waals surface area contributed by atoms with Gasteiger partial charge in [-0.25, -0.2) is 4.98 Å². The van der Waals surface area contributed by atoms with E-state index in [-0.39, 0.29) is 57.2 Å². The molecule has 0 saturated carbocycles. The maximum Gasteiger partial charge on any atom is 1.00 e. The second kappa shape index (κ2) is 4.61. The second-order valence-electron chi connectivity index (χ2n) is 2.09. The average molecular weight is 200 g/mol. The first-order valence-corrected chi connectivity index (χ1v) is 2.91. The largest absolute Gasteiger partial charge is 1.00 e. The van der Waals surface area contributed by atoms with E-state index >= 15 is 0 Å². The van der Waals surface area contributed by atoms with Crippen LogP contribution >= 0.6 is 0 Å². The van der Waals surface area contributed by atoms with Crippen LogP contribution in [0.5, 0.6) is 0 Å². The topological polar surface area (TPSA) is 38.9 Å². The maximum atomic E-state index is 11.9. The van der Waals surface area contributed by atoms with Crippen molar-refractivity contribution in [3.63, 3.8) is 0 Å². The quantitative estimate of drug-likeness (QED) is 0.519. The minimum absolute atomic E-state index is 0. The predicted molar refractivity (Wildman–Crippen MR) is 37.4 cm³/mol. The Hall–Kier alpha value is 0.441. The fourth-order valence-electron chi connectivity index (χ4n) is 0.610. The van der Waals surface area contributed by atoms with Crippen molar-refractivity contribution in [3.8, 4) is 0 Å². The molecule has 0 aliphatic rings. The molecule has 0 unspecified atom stereocenters. The van der Waals surface area contributed by atoms with Crippen LogP contribution in [0.15, 0.2) is 18.3 Å². The van der Waals surface area contributed by atoms with Gasteiger partial charge in [-0.1, -0.05) is 11.5 Å². The summed E-state index contributed by atoms with van der Waals surface area (Å²) in [6, 6.07) is 2.05. The number of nitrogens with zero attached hydrogens (tertiary/aromatic N) is 1. The number of nitrogen functional groups attached to an aromatic ring is 1. The Morgan fingerprint density at radius 3 is 2.17 bits per heavy atom. The van der Waals surface area contributed by atoms with Gasteiger partial charge in [-0.2, -0.15) is 0 Å². The van der Waals surface area contributed by atoms with Crippen molar-refractivity contribution < 1.29 is 64.3 Å². The minimum Gasteiger partial charge on any atom is -0.445 e. The molecule has 1 aromatic rings. The minimum atomic E-state index is -4.94. The molecule has 0 saturated heterocycles. The Labute approximate surface area is 110 Å². The number of pyridine rings is 1. The van der Waals surface area contributed by atoms with E-state index in [4.69, 9.17) is 5.73 Å². The van der Waals surface area contributed by atoms with E-state index in [1.165, 1.54) is 0 Å². The van der Waals surface area contributed by atoms with Gasteiger partial charge in [0.15, 0.2) is 0 Å². The number of hydrogen-bond acceptors (Lipinski definition) is 2. The molecule has 0 spiro atoms. The van der Waals surface area contributed by atoms with Crippen LogP contribution in [0.2, 0.25) is 0 Å². The molecule has 2 N–H and O–H groups in total. The summed E-state index contributed by atoms with van der Waals surface area (Å²) in [5.41, 5.74) is 4.38. The van der Waals surface area contributed by atoms with E-state index in [2.05, 4.69) is 4.98 Å². The number of hydrogen-bond donors (Lipinski definition) is 1. The zero-order valence-electron chi connectivity index (χ0n) is 6.47. The van der Waals surface area contributed by atoms with Gasteiger partial charge in [-0.05, 0) is 6.07 Å². The first kappa shape index (κ1) is 12.4. The summed E-state index contributed by atoms with van der Waals surface area (Å²) in [4.78, 5) is 3.32. The zero-order chi connectivity index (χ0) is 8.48. The Morgan fingerprint density at radius 1 is 1.25 bits per heavy atom.